The molecule has 0 spiro atoms. The minimum absolute atomic E-state index is 0.930. The third kappa shape index (κ3) is 0.708. The molecule has 4 rings (SSSR count). The van der Waals surface area contributed by atoms with E-state index in [1.807, 2.05) is 24.3 Å². The van der Waals surface area contributed by atoms with Crippen LogP contribution in [0.4, 0.5) is 0 Å². The quantitative estimate of drug-likeness (QED) is 0.448. The van der Waals surface area contributed by atoms with Crippen LogP contribution in [0.1, 0.15) is 0 Å². The molecule has 2 nitrogen and oxygen atoms in total. The molecule has 2 heteroatoms. The zero-order valence-electron chi connectivity index (χ0n) is 7.28. The molecule has 0 unspecified atom stereocenters. The van der Waals surface area contributed by atoms with Crippen LogP contribution in [-0.2, 0) is 0 Å². The molecule has 0 aliphatic heterocycles. The zero-order valence-corrected chi connectivity index (χ0v) is 7.28. The maximum atomic E-state index is 5.38. The molecule has 0 saturated heterocycles. The van der Waals surface area contributed by atoms with Gasteiger partial charge < -0.3 is 8.83 Å². The number of fused-ring (bicyclic) bond motifs is 3. The van der Waals surface area contributed by atoms with E-state index in [2.05, 4.69) is 12.1 Å². The summed E-state index contributed by atoms with van der Waals surface area (Å²) in [5.41, 5.74) is 6.12. The van der Waals surface area contributed by atoms with Gasteiger partial charge in [0.1, 0.15) is 0 Å². The van der Waals surface area contributed by atoms with Crippen molar-refractivity contribution < 1.29 is 8.83 Å². The lowest BCUT2D eigenvalue weighted by Gasteiger charge is -1.94. The second-order valence-corrected chi connectivity index (χ2v) is 3.48. The van der Waals surface area contributed by atoms with Crippen LogP contribution in [0.3, 0.4) is 0 Å². The van der Waals surface area contributed by atoms with Gasteiger partial charge in [-0.3, -0.25) is 0 Å². The Morgan fingerprint density at radius 1 is 0.786 bits per heavy atom. The van der Waals surface area contributed by atoms with Crippen molar-refractivity contribution in [2.75, 3.05) is 0 Å². The summed E-state index contributed by atoms with van der Waals surface area (Å²) in [7, 11) is 0. The maximum Gasteiger partial charge on any atom is 0.217 e. The molecule has 2 aromatic carbocycles. The van der Waals surface area contributed by atoms with E-state index in [-0.39, 0.29) is 0 Å². The van der Waals surface area contributed by atoms with Crippen LogP contribution in [0.5, 0.6) is 0 Å². The van der Waals surface area contributed by atoms with Gasteiger partial charge in [-0.05, 0) is 11.6 Å². The Hall–Kier alpha value is -1.96. The lowest BCUT2D eigenvalue weighted by Crippen LogP contribution is -1.71. The summed E-state index contributed by atoms with van der Waals surface area (Å²) in [6, 6.07) is 12.2. The summed E-state index contributed by atoms with van der Waals surface area (Å²) < 4.78 is 10.6. The molecule has 66 valence electrons. The lowest BCUT2D eigenvalue weighted by molar-refractivity contribution is 0.731. The summed E-state index contributed by atoms with van der Waals surface area (Å²) in [6.45, 7) is 0. The van der Waals surface area contributed by atoms with Gasteiger partial charge in [0.25, 0.3) is 0 Å². The molecule has 0 fully saturated rings. The van der Waals surface area contributed by atoms with Gasteiger partial charge in [-0.25, -0.2) is 0 Å². The van der Waals surface area contributed by atoms with Crippen molar-refractivity contribution in [3.63, 3.8) is 0 Å². The Labute approximate surface area is 79.4 Å². The Balaban J connectivity index is 2.05. The average Bonchev–Trinajstić information content (AvgIpc) is 3.09. The van der Waals surface area contributed by atoms with Crippen LogP contribution >= 0.6 is 0 Å². The zero-order chi connectivity index (χ0) is 9.12. The van der Waals surface area contributed by atoms with Crippen molar-refractivity contribution >= 4 is 22.3 Å². The first-order chi connectivity index (χ1) is 6.93. The molecular formula is C12H6O2. The fraction of sp³-hybridized carbons (Fsp3) is 0. The van der Waals surface area contributed by atoms with Crippen molar-refractivity contribution in [3.8, 4) is 11.1 Å². The van der Waals surface area contributed by atoms with Gasteiger partial charge >= 0.3 is 0 Å². The van der Waals surface area contributed by atoms with E-state index in [0.29, 0.717) is 0 Å². The van der Waals surface area contributed by atoms with Gasteiger partial charge in [-0.2, -0.15) is 0 Å². The number of benzene rings is 2. The first kappa shape index (κ1) is 6.49. The lowest BCUT2D eigenvalue weighted by atomic mass is 10.1. The summed E-state index contributed by atoms with van der Waals surface area (Å²) in [6.07, 6.45) is 0. The molecular weight excluding hydrogens is 176 g/mol. The molecule has 0 aliphatic rings. The largest absolute Gasteiger partial charge is 0.445 e. The van der Waals surface area contributed by atoms with Crippen LogP contribution in [-0.4, -0.2) is 0 Å². The van der Waals surface area contributed by atoms with Gasteiger partial charge in [-0.15, -0.1) is 0 Å². The minimum Gasteiger partial charge on any atom is -0.445 e. The summed E-state index contributed by atoms with van der Waals surface area (Å²) in [5, 5.41) is 0. The van der Waals surface area contributed by atoms with Crippen LogP contribution in [0.15, 0.2) is 45.2 Å². The second-order valence-electron chi connectivity index (χ2n) is 3.48. The highest BCUT2D eigenvalue weighted by molar-refractivity contribution is 6.12. The number of hydrogen-bond acceptors (Lipinski definition) is 2. The first-order valence-electron chi connectivity index (χ1n) is 4.55. The van der Waals surface area contributed by atoms with Crippen LogP contribution in [0.2, 0.25) is 0 Å². The third-order valence-corrected chi connectivity index (χ3v) is 2.57. The SMILES string of the molecule is c1ccc(-c2cc3oc3c3oc23)cc1. The fourth-order valence-electron chi connectivity index (χ4n) is 1.77. The molecule has 0 radical (unpaired) electrons. The Morgan fingerprint density at radius 2 is 1.64 bits per heavy atom. The second kappa shape index (κ2) is 1.93. The molecule has 0 bridgehead atoms. The van der Waals surface area contributed by atoms with Crippen molar-refractivity contribution in [2.45, 2.75) is 0 Å². The molecule has 0 saturated carbocycles. The van der Waals surface area contributed by atoms with Crippen molar-refractivity contribution in [1.29, 1.82) is 0 Å². The van der Waals surface area contributed by atoms with E-state index < -0.39 is 0 Å². The van der Waals surface area contributed by atoms with Gasteiger partial charge in [-0.1, -0.05) is 30.3 Å². The minimum atomic E-state index is 0.930. The highest BCUT2D eigenvalue weighted by Crippen LogP contribution is 2.45. The third-order valence-electron chi connectivity index (χ3n) is 2.57. The summed E-state index contributed by atoms with van der Waals surface area (Å²) in [4.78, 5) is 0. The topological polar surface area (TPSA) is 26.3 Å². The Kier molecular flexibility index (Phi) is 0.892. The van der Waals surface area contributed by atoms with E-state index >= 15 is 0 Å². The molecule has 0 N–H and O–H groups in total. The van der Waals surface area contributed by atoms with E-state index in [4.69, 9.17) is 8.83 Å². The van der Waals surface area contributed by atoms with Crippen LogP contribution in [0, 0.1) is 0 Å². The highest BCUT2D eigenvalue weighted by Gasteiger charge is 2.25. The Morgan fingerprint density at radius 3 is 2.50 bits per heavy atom. The molecule has 4 aromatic rings. The molecule has 2 heterocycles. The van der Waals surface area contributed by atoms with E-state index in [1.165, 1.54) is 5.56 Å². The van der Waals surface area contributed by atoms with Gasteiger partial charge in [0.2, 0.25) is 11.2 Å². The van der Waals surface area contributed by atoms with Crippen LogP contribution < -0.4 is 0 Å². The van der Waals surface area contributed by atoms with Gasteiger partial charge in [0.05, 0.1) is 0 Å². The van der Waals surface area contributed by atoms with Crippen molar-refractivity contribution in [2.24, 2.45) is 0 Å². The number of rotatable bonds is 1. The smallest absolute Gasteiger partial charge is 0.217 e. The van der Waals surface area contributed by atoms with Crippen molar-refractivity contribution in [1.82, 2.24) is 0 Å². The van der Waals surface area contributed by atoms with E-state index in [9.17, 15) is 0 Å². The summed E-state index contributed by atoms with van der Waals surface area (Å²) >= 11 is 0. The predicted molar refractivity (Wildman–Crippen MR) is 53.8 cm³/mol. The maximum absolute atomic E-state index is 5.38. The fourth-order valence-corrected chi connectivity index (χ4v) is 1.77. The monoisotopic (exact) mass is 182 g/mol. The summed E-state index contributed by atoms with van der Waals surface area (Å²) in [5.74, 6) is 0. The first-order valence-corrected chi connectivity index (χ1v) is 4.55. The molecule has 0 aliphatic carbocycles. The molecule has 0 atom stereocenters. The highest BCUT2D eigenvalue weighted by atomic mass is 16.4. The number of hydrogen-bond donors (Lipinski definition) is 0. The van der Waals surface area contributed by atoms with Gasteiger partial charge in [0.15, 0.2) is 11.2 Å². The van der Waals surface area contributed by atoms with E-state index in [1.54, 1.807) is 0 Å². The van der Waals surface area contributed by atoms with Gasteiger partial charge in [0, 0.05) is 5.56 Å². The molecule has 2 aromatic heterocycles. The molecule has 14 heavy (non-hydrogen) atoms. The average molecular weight is 182 g/mol. The Bertz CT molecular complexity index is 672. The standard InChI is InChI=1S/C12H6O2/c1-2-4-7(5-3-1)8-6-9-11(13-9)12-10(8)14-12/h1-6H. The molecule has 0 amide bonds. The van der Waals surface area contributed by atoms with E-state index in [0.717, 1.165) is 27.9 Å². The normalized spacial score (nSPS) is 12.3. The van der Waals surface area contributed by atoms with Crippen molar-refractivity contribution in [3.05, 3.63) is 36.4 Å². The predicted octanol–water partition coefficient (Wildman–Crippen LogP) is 3.72. The van der Waals surface area contributed by atoms with Crippen LogP contribution in [0.25, 0.3) is 33.5 Å².